The minimum absolute atomic E-state index is 0.0129. The molecule has 0 aliphatic rings. The molecule has 0 saturated heterocycles. The summed E-state index contributed by atoms with van der Waals surface area (Å²) in [5, 5.41) is 7.80. The van der Waals surface area contributed by atoms with Crippen LogP contribution in [-0.2, 0) is 0 Å². The van der Waals surface area contributed by atoms with Crippen LogP contribution in [0.4, 0.5) is 0 Å². The summed E-state index contributed by atoms with van der Waals surface area (Å²) in [4.78, 5) is 31.5. The first-order valence-electron chi connectivity index (χ1n) is 30.7. The molecular weight excluding hydrogens is 1080 g/mol. The second kappa shape index (κ2) is 19.7. The summed E-state index contributed by atoms with van der Waals surface area (Å²) in [7, 11) is 0. The molecule has 0 N–H and O–H groups in total. The summed E-state index contributed by atoms with van der Waals surface area (Å²) in [5.41, 5.74) is 12.4. The van der Waals surface area contributed by atoms with E-state index in [0.717, 1.165) is 110 Å². The van der Waals surface area contributed by atoms with Gasteiger partial charge in [0.2, 0.25) is 0 Å². The third-order valence-corrected chi connectivity index (χ3v) is 16.9. The third kappa shape index (κ3) is 7.82. The van der Waals surface area contributed by atoms with Crippen molar-refractivity contribution < 1.29 is 8.53 Å². The molecule has 88 heavy (non-hydrogen) atoms. The Hall–Kier alpha value is -12.1. The highest BCUT2D eigenvalue weighted by molar-refractivity contribution is 6.26. The van der Waals surface area contributed by atoms with Crippen molar-refractivity contribution >= 4 is 87.4 Å². The van der Waals surface area contributed by atoms with Gasteiger partial charge in [-0.3, -0.25) is 0 Å². The molecule has 0 spiro atoms. The summed E-state index contributed by atoms with van der Waals surface area (Å²) in [5.74, 6) is 1.57. The quantitative estimate of drug-likeness (QED) is 0.142. The molecule has 0 unspecified atom stereocenters. The Morgan fingerprint density at radius 3 is 1.40 bits per heavy atom. The Bertz CT molecular complexity index is 5950. The predicted molar refractivity (Wildman–Crippen MR) is 356 cm³/mol. The van der Waals surface area contributed by atoms with Crippen molar-refractivity contribution in [1.82, 2.24) is 43.6 Å². The van der Waals surface area contributed by atoms with Crippen LogP contribution in [0.2, 0.25) is 0 Å². The molecule has 410 valence electrons. The Labute approximate surface area is 507 Å². The Balaban J connectivity index is 0.946. The van der Waals surface area contributed by atoms with E-state index in [2.05, 4.69) is 117 Å². The van der Waals surface area contributed by atoms with Crippen molar-refractivity contribution in [3.05, 3.63) is 285 Å². The van der Waals surface area contributed by atoms with E-state index in [4.69, 9.17) is 34.3 Å². The standard InChI is InChI=1S/C78H47N9O/c1-5-21-48(22-6-1)73-80-76(51-37-41-66-60(45-51)56-30-14-17-33-63(56)85(66)53-27-11-4-12-28-53)82-77(81-73)52-38-42-67(62(46-52)78-83-74(49-23-7-2-8-24-49)79-75(84-78)50-25-9-3-10-26-50)87-64-34-18-13-29-55(64)58-40-43-68-71(72(58)87)59-32-15-19-35-65(59)86(68)54-39-44-70-61(47-54)57-31-16-20-36-69(57)88-70/h1-47H/i38D,42D,46D. The van der Waals surface area contributed by atoms with Crippen LogP contribution >= 0.6 is 0 Å². The average Bonchev–Trinajstić information content (AvgIpc) is 1.50. The fraction of sp³-hybridized carbons (Fsp3) is 0. The molecule has 0 aliphatic heterocycles. The van der Waals surface area contributed by atoms with Gasteiger partial charge in [0, 0.05) is 87.8 Å². The van der Waals surface area contributed by atoms with Crippen LogP contribution in [-0.4, -0.2) is 43.6 Å². The van der Waals surface area contributed by atoms with Crippen LogP contribution in [0.3, 0.4) is 0 Å². The number of nitrogens with zero attached hydrogens (tertiary/aromatic N) is 9. The van der Waals surface area contributed by atoms with Gasteiger partial charge in [-0.15, -0.1) is 0 Å². The highest BCUT2D eigenvalue weighted by atomic mass is 16.3. The maximum absolute atomic E-state index is 11.0. The van der Waals surface area contributed by atoms with Gasteiger partial charge in [-0.2, -0.15) is 0 Å². The largest absolute Gasteiger partial charge is 0.456 e. The first-order valence-corrected chi connectivity index (χ1v) is 29.2. The third-order valence-electron chi connectivity index (χ3n) is 16.9. The van der Waals surface area contributed by atoms with E-state index in [-0.39, 0.29) is 46.6 Å². The fourth-order valence-electron chi connectivity index (χ4n) is 12.9. The molecule has 10 heteroatoms. The number of hydrogen-bond donors (Lipinski definition) is 0. The molecule has 0 amide bonds. The number of hydrogen-bond acceptors (Lipinski definition) is 7. The summed E-state index contributed by atoms with van der Waals surface area (Å²) in [6.07, 6.45) is 0. The zero-order valence-electron chi connectivity index (χ0n) is 49.8. The molecule has 0 fully saturated rings. The number of para-hydroxylation sites is 5. The minimum atomic E-state index is -0.261. The zero-order valence-corrected chi connectivity index (χ0v) is 46.8. The van der Waals surface area contributed by atoms with Crippen LogP contribution < -0.4 is 0 Å². The normalized spacial score (nSPS) is 12.3. The van der Waals surface area contributed by atoms with E-state index in [1.54, 1.807) is 0 Å². The van der Waals surface area contributed by atoms with Crippen LogP contribution in [0.5, 0.6) is 0 Å². The Kier molecular flexibility index (Phi) is 10.4. The second-order valence-electron chi connectivity index (χ2n) is 21.9. The van der Waals surface area contributed by atoms with E-state index in [1.807, 2.05) is 164 Å². The molecule has 6 heterocycles. The lowest BCUT2D eigenvalue weighted by Gasteiger charge is -2.17. The monoisotopic (exact) mass is 1130 g/mol. The van der Waals surface area contributed by atoms with Gasteiger partial charge in [-0.05, 0) is 97.0 Å². The molecule has 18 rings (SSSR count). The smallest absolute Gasteiger partial charge is 0.166 e. The Morgan fingerprint density at radius 1 is 0.284 bits per heavy atom. The second-order valence-corrected chi connectivity index (χ2v) is 21.9. The van der Waals surface area contributed by atoms with Gasteiger partial charge in [0.15, 0.2) is 34.9 Å². The lowest BCUT2D eigenvalue weighted by atomic mass is 10.0. The van der Waals surface area contributed by atoms with Crippen molar-refractivity contribution in [1.29, 1.82) is 0 Å². The lowest BCUT2D eigenvalue weighted by Crippen LogP contribution is -2.05. The summed E-state index contributed by atoms with van der Waals surface area (Å²) >= 11 is 0. The molecule has 12 aromatic carbocycles. The predicted octanol–water partition coefficient (Wildman–Crippen LogP) is 19.2. The van der Waals surface area contributed by atoms with Gasteiger partial charge in [0.1, 0.15) is 11.2 Å². The van der Waals surface area contributed by atoms with Crippen LogP contribution in [0.1, 0.15) is 4.11 Å². The summed E-state index contributed by atoms with van der Waals surface area (Å²) in [6, 6.07) is 88.7. The van der Waals surface area contributed by atoms with Crippen molar-refractivity contribution in [2.45, 2.75) is 0 Å². The van der Waals surface area contributed by atoms with Crippen molar-refractivity contribution in [2.75, 3.05) is 0 Å². The molecule has 6 aromatic heterocycles. The molecule has 0 aliphatic carbocycles. The molecule has 10 nitrogen and oxygen atoms in total. The SMILES string of the molecule is [2H]c1c([2H])c(-n2c3ccccc3c3ccc4c(c5ccccc5n4-c4ccc5oc6ccccc6c5c4)c32)c(-c2nc(-c3ccccc3)nc(-c3ccccc3)n2)c([2H])c1-c1nc(-c2ccccc2)nc(-c2ccc3c(c2)c2ccccc2n3-c2ccccc2)n1. The van der Waals surface area contributed by atoms with Gasteiger partial charge in [-0.25, -0.2) is 29.9 Å². The van der Waals surface area contributed by atoms with Gasteiger partial charge in [-0.1, -0.05) is 188 Å². The first kappa shape index (κ1) is 46.3. The average molecular weight is 1130 g/mol. The molecule has 0 atom stereocenters. The topological polar surface area (TPSA) is 105 Å². The summed E-state index contributed by atoms with van der Waals surface area (Å²) in [6.45, 7) is 0. The van der Waals surface area contributed by atoms with Crippen LogP contribution in [0.25, 0.3) is 173 Å². The number of furan rings is 1. The van der Waals surface area contributed by atoms with Crippen molar-refractivity contribution in [3.63, 3.8) is 0 Å². The summed E-state index contributed by atoms with van der Waals surface area (Å²) < 4.78 is 45.3. The van der Waals surface area contributed by atoms with E-state index < -0.39 is 0 Å². The first-order chi connectivity index (χ1) is 44.9. The lowest BCUT2D eigenvalue weighted by molar-refractivity contribution is 0.669. The highest BCUT2D eigenvalue weighted by Crippen LogP contribution is 2.45. The number of rotatable bonds is 9. The van der Waals surface area contributed by atoms with Gasteiger partial charge >= 0.3 is 0 Å². The minimum Gasteiger partial charge on any atom is -0.456 e. The Morgan fingerprint density at radius 2 is 0.750 bits per heavy atom. The van der Waals surface area contributed by atoms with E-state index in [9.17, 15) is 4.11 Å². The maximum Gasteiger partial charge on any atom is 0.166 e. The zero-order chi connectivity index (χ0) is 60.4. The van der Waals surface area contributed by atoms with E-state index in [1.165, 1.54) is 0 Å². The van der Waals surface area contributed by atoms with Crippen LogP contribution in [0.15, 0.2) is 289 Å². The highest BCUT2D eigenvalue weighted by Gasteiger charge is 2.26. The fourth-order valence-corrected chi connectivity index (χ4v) is 12.9. The van der Waals surface area contributed by atoms with Crippen LogP contribution in [0, 0.1) is 0 Å². The number of fused-ring (bicyclic) bond motifs is 13. The van der Waals surface area contributed by atoms with E-state index >= 15 is 0 Å². The van der Waals surface area contributed by atoms with Crippen molar-refractivity contribution in [2.24, 2.45) is 0 Å². The maximum atomic E-state index is 11.0. The molecule has 0 radical (unpaired) electrons. The van der Waals surface area contributed by atoms with Gasteiger partial charge in [0.05, 0.1) is 42.9 Å². The molecule has 18 aromatic rings. The molecule has 0 saturated carbocycles. The molecular formula is C78H47N9O. The number of benzene rings is 12. The van der Waals surface area contributed by atoms with E-state index in [0.29, 0.717) is 34.4 Å². The van der Waals surface area contributed by atoms with Crippen molar-refractivity contribution in [3.8, 4) is 85.4 Å². The van der Waals surface area contributed by atoms with Gasteiger partial charge in [0.25, 0.3) is 0 Å². The van der Waals surface area contributed by atoms with Gasteiger partial charge < -0.3 is 18.1 Å². The molecule has 0 bridgehead atoms. The number of aromatic nitrogens is 9.